The zero-order chi connectivity index (χ0) is 11.4. The summed E-state index contributed by atoms with van der Waals surface area (Å²) in [4.78, 5) is 6.90. The lowest BCUT2D eigenvalue weighted by Crippen LogP contribution is -2.27. The molecular weight excluding hydrogens is 198 g/mol. The maximum absolute atomic E-state index is 5.71. The van der Waals surface area contributed by atoms with E-state index < -0.39 is 0 Å². The number of pyridine rings is 1. The van der Waals surface area contributed by atoms with Crippen LogP contribution in [0.5, 0.6) is 0 Å². The molecule has 1 aliphatic carbocycles. The molecule has 0 atom stereocenters. The molecule has 0 amide bonds. The summed E-state index contributed by atoms with van der Waals surface area (Å²) in [6.45, 7) is 4.98. The predicted octanol–water partition coefficient (Wildman–Crippen LogP) is 1.91. The Bertz CT molecular complexity index is 334. The summed E-state index contributed by atoms with van der Waals surface area (Å²) in [7, 11) is 0. The van der Waals surface area contributed by atoms with Crippen molar-refractivity contribution in [3.8, 4) is 0 Å². The third kappa shape index (κ3) is 2.80. The van der Waals surface area contributed by atoms with Gasteiger partial charge in [0.15, 0.2) is 0 Å². The van der Waals surface area contributed by atoms with Crippen LogP contribution in [0.3, 0.4) is 0 Å². The van der Waals surface area contributed by atoms with Crippen molar-refractivity contribution in [2.75, 3.05) is 6.54 Å². The minimum Gasteiger partial charge on any atom is -0.325 e. The summed E-state index contributed by atoms with van der Waals surface area (Å²) >= 11 is 0. The molecule has 2 N–H and O–H groups in total. The molecule has 0 aromatic carbocycles. The van der Waals surface area contributed by atoms with Crippen LogP contribution in [0.4, 0.5) is 0 Å². The first-order valence-electron chi connectivity index (χ1n) is 6.22. The zero-order valence-corrected chi connectivity index (χ0v) is 10.0. The molecule has 3 heteroatoms. The van der Waals surface area contributed by atoms with E-state index in [-0.39, 0.29) is 0 Å². The Balaban J connectivity index is 2.05. The topological polar surface area (TPSA) is 42.2 Å². The van der Waals surface area contributed by atoms with E-state index in [1.165, 1.54) is 31.4 Å². The molecule has 1 aromatic heterocycles. The van der Waals surface area contributed by atoms with Crippen LogP contribution in [0.1, 0.15) is 37.4 Å². The van der Waals surface area contributed by atoms with E-state index in [0.717, 1.165) is 18.3 Å². The summed E-state index contributed by atoms with van der Waals surface area (Å²) in [5.74, 6) is 0. The quantitative estimate of drug-likeness (QED) is 0.794. The SMILES string of the molecule is CCCN(Cc1cccnc1CN)C1CC1. The Morgan fingerprint density at radius 1 is 1.50 bits per heavy atom. The molecule has 0 spiro atoms. The van der Waals surface area contributed by atoms with E-state index in [1.807, 2.05) is 12.3 Å². The highest BCUT2D eigenvalue weighted by Crippen LogP contribution is 2.28. The van der Waals surface area contributed by atoms with E-state index in [4.69, 9.17) is 5.73 Å². The number of aromatic nitrogens is 1. The minimum atomic E-state index is 0.542. The third-order valence-electron chi connectivity index (χ3n) is 3.13. The van der Waals surface area contributed by atoms with Gasteiger partial charge in [-0.05, 0) is 37.4 Å². The van der Waals surface area contributed by atoms with E-state index in [2.05, 4.69) is 22.9 Å². The molecule has 16 heavy (non-hydrogen) atoms. The lowest BCUT2D eigenvalue weighted by Gasteiger charge is -2.22. The van der Waals surface area contributed by atoms with E-state index in [0.29, 0.717) is 6.54 Å². The van der Waals surface area contributed by atoms with Crippen LogP contribution in [0.15, 0.2) is 18.3 Å². The number of rotatable bonds is 6. The molecule has 1 heterocycles. The molecule has 1 fully saturated rings. The van der Waals surface area contributed by atoms with Crippen LogP contribution in [0.2, 0.25) is 0 Å². The van der Waals surface area contributed by atoms with Crippen molar-refractivity contribution in [3.05, 3.63) is 29.6 Å². The fraction of sp³-hybridized carbons (Fsp3) is 0.615. The number of nitrogens with zero attached hydrogens (tertiary/aromatic N) is 2. The number of nitrogens with two attached hydrogens (primary N) is 1. The molecule has 3 nitrogen and oxygen atoms in total. The van der Waals surface area contributed by atoms with Gasteiger partial charge in [0, 0.05) is 25.3 Å². The summed E-state index contributed by atoms with van der Waals surface area (Å²) < 4.78 is 0. The maximum Gasteiger partial charge on any atom is 0.0584 e. The molecule has 1 saturated carbocycles. The smallest absolute Gasteiger partial charge is 0.0584 e. The molecule has 1 aromatic rings. The van der Waals surface area contributed by atoms with Gasteiger partial charge < -0.3 is 5.73 Å². The second-order valence-corrected chi connectivity index (χ2v) is 4.51. The number of hydrogen-bond donors (Lipinski definition) is 1. The second-order valence-electron chi connectivity index (χ2n) is 4.51. The van der Waals surface area contributed by atoms with Crippen molar-refractivity contribution >= 4 is 0 Å². The molecule has 0 saturated heterocycles. The van der Waals surface area contributed by atoms with Crippen LogP contribution in [-0.2, 0) is 13.1 Å². The fourth-order valence-corrected chi connectivity index (χ4v) is 2.14. The zero-order valence-electron chi connectivity index (χ0n) is 10.0. The summed E-state index contributed by atoms with van der Waals surface area (Å²) in [5, 5.41) is 0. The molecule has 0 aliphatic heterocycles. The molecule has 88 valence electrons. The second kappa shape index (κ2) is 5.41. The van der Waals surface area contributed by atoms with Crippen LogP contribution in [0.25, 0.3) is 0 Å². The maximum atomic E-state index is 5.71. The van der Waals surface area contributed by atoms with Gasteiger partial charge in [0.25, 0.3) is 0 Å². The van der Waals surface area contributed by atoms with Gasteiger partial charge in [-0.3, -0.25) is 9.88 Å². The Morgan fingerprint density at radius 3 is 2.94 bits per heavy atom. The van der Waals surface area contributed by atoms with Gasteiger partial charge in [-0.1, -0.05) is 13.0 Å². The Morgan fingerprint density at radius 2 is 2.31 bits per heavy atom. The summed E-state index contributed by atoms with van der Waals surface area (Å²) in [6, 6.07) is 4.97. The Kier molecular flexibility index (Phi) is 3.91. The lowest BCUT2D eigenvalue weighted by molar-refractivity contribution is 0.254. The van der Waals surface area contributed by atoms with Crippen molar-refractivity contribution in [3.63, 3.8) is 0 Å². The van der Waals surface area contributed by atoms with Crippen LogP contribution in [0, 0.1) is 0 Å². The Labute approximate surface area is 97.7 Å². The van der Waals surface area contributed by atoms with Crippen molar-refractivity contribution in [1.29, 1.82) is 0 Å². The number of hydrogen-bond acceptors (Lipinski definition) is 3. The average molecular weight is 219 g/mol. The largest absolute Gasteiger partial charge is 0.325 e. The molecule has 0 bridgehead atoms. The van der Waals surface area contributed by atoms with Gasteiger partial charge in [0.1, 0.15) is 0 Å². The first kappa shape index (κ1) is 11.6. The highest BCUT2D eigenvalue weighted by atomic mass is 15.2. The van der Waals surface area contributed by atoms with Crippen molar-refractivity contribution in [2.45, 2.75) is 45.3 Å². The lowest BCUT2D eigenvalue weighted by atomic mass is 10.1. The van der Waals surface area contributed by atoms with E-state index in [9.17, 15) is 0 Å². The molecule has 0 unspecified atom stereocenters. The summed E-state index contributed by atoms with van der Waals surface area (Å²) in [6.07, 6.45) is 5.76. The van der Waals surface area contributed by atoms with Crippen LogP contribution >= 0.6 is 0 Å². The van der Waals surface area contributed by atoms with Crippen molar-refractivity contribution < 1.29 is 0 Å². The van der Waals surface area contributed by atoms with Crippen molar-refractivity contribution in [1.82, 2.24) is 9.88 Å². The van der Waals surface area contributed by atoms with Gasteiger partial charge in [-0.2, -0.15) is 0 Å². The first-order chi connectivity index (χ1) is 7.85. The normalized spacial score (nSPS) is 15.7. The standard InChI is InChI=1S/C13H21N3/c1-2-8-16(12-5-6-12)10-11-4-3-7-15-13(11)9-14/h3-4,7,12H,2,5-6,8-10,14H2,1H3. The summed E-state index contributed by atoms with van der Waals surface area (Å²) in [5.41, 5.74) is 8.05. The van der Waals surface area contributed by atoms with Gasteiger partial charge in [-0.15, -0.1) is 0 Å². The monoisotopic (exact) mass is 219 g/mol. The van der Waals surface area contributed by atoms with E-state index in [1.54, 1.807) is 0 Å². The first-order valence-corrected chi connectivity index (χ1v) is 6.22. The molecule has 1 aliphatic rings. The minimum absolute atomic E-state index is 0.542. The van der Waals surface area contributed by atoms with Crippen LogP contribution in [-0.4, -0.2) is 22.5 Å². The average Bonchev–Trinajstić information content (AvgIpc) is 3.13. The third-order valence-corrected chi connectivity index (χ3v) is 3.13. The fourth-order valence-electron chi connectivity index (χ4n) is 2.14. The molecular formula is C13H21N3. The molecule has 0 radical (unpaired) electrons. The van der Waals surface area contributed by atoms with Gasteiger partial charge in [-0.25, -0.2) is 0 Å². The van der Waals surface area contributed by atoms with Crippen LogP contribution < -0.4 is 5.73 Å². The highest BCUT2D eigenvalue weighted by Gasteiger charge is 2.28. The highest BCUT2D eigenvalue weighted by molar-refractivity contribution is 5.19. The molecule has 2 rings (SSSR count). The van der Waals surface area contributed by atoms with Gasteiger partial charge in [0.05, 0.1) is 5.69 Å². The van der Waals surface area contributed by atoms with Gasteiger partial charge >= 0.3 is 0 Å². The Hall–Kier alpha value is -0.930. The predicted molar refractivity (Wildman–Crippen MR) is 65.9 cm³/mol. The van der Waals surface area contributed by atoms with Gasteiger partial charge in [0.2, 0.25) is 0 Å². The van der Waals surface area contributed by atoms with Crippen molar-refractivity contribution in [2.24, 2.45) is 5.73 Å². The van der Waals surface area contributed by atoms with E-state index >= 15 is 0 Å².